The second kappa shape index (κ2) is 9.24. The van der Waals surface area contributed by atoms with E-state index in [-0.39, 0.29) is 0 Å². The third-order valence-corrected chi connectivity index (χ3v) is 20.0. The summed E-state index contributed by atoms with van der Waals surface area (Å²) in [5.41, 5.74) is 11.0. The van der Waals surface area contributed by atoms with Gasteiger partial charge in [-0.25, -0.2) is 0 Å². The van der Waals surface area contributed by atoms with Crippen LogP contribution < -0.4 is 0 Å². The first-order chi connectivity index (χ1) is 21.8. The third kappa shape index (κ3) is 3.35. The summed E-state index contributed by atoms with van der Waals surface area (Å²) in [7, 11) is 0. The summed E-state index contributed by atoms with van der Waals surface area (Å²) < 4.78 is 0. The van der Waals surface area contributed by atoms with Gasteiger partial charge in [0.25, 0.3) is 19.5 Å². The van der Waals surface area contributed by atoms with Gasteiger partial charge < -0.3 is 0 Å². The molecule has 0 unspecified atom stereocenters. The van der Waals surface area contributed by atoms with Gasteiger partial charge in [-0.3, -0.25) is 0 Å². The Kier molecular flexibility index (Phi) is 5.42. The normalized spacial score (nSPS) is 40.5. The minimum Gasteiger partial charge on any atom is -0.134 e. The Labute approximate surface area is 278 Å². The maximum absolute atomic E-state index is 2.73. The van der Waals surface area contributed by atoms with Gasteiger partial charge >= 0.3 is 0 Å². The number of rotatable bonds is 2. The molecule has 2 aromatic rings. The van der Waals surface area contributed by atoms with E-state index >= 15 is 0 Å². The molecule has 8 bridgehead atoms. The average Bonchev–Trinajstić information content (AvgIpc) is 3.90. The van der Waals surface area contributed by atoms with Crippen LogP contribution in [0.25, 0.3) is 0 Å². The molecule has 14 aliphatic rings. The van der Waals surface area contributed by atoms with Crippen molar-refractivity contribution in [3.8, 4) is 0 Å². The molecule has 2 aromatic heterocycles. The van der Waals surface area contributed by atoms with Gasteiger partial charge in [0.2, 0.25) is 22.7 Å². The van der Waals surface area contributed by atoms with Crippen LogP contribution in [0.5, 0.6) is 0 Å². The number of allylic oxidation sites excluding steroid dienone is 4. The smallest absolute Gasteiger partial charge is 0.134 e. The highest BCUT2D eigenvalue weighted by Gasteiger charge is 2.57. The molecular weight excluding hydrogens is 609 g/mol. The molecule has 2 aliphatic heterocycles. The van der Waals surface area contributed by atoms with E-state index in [0.717, 1.165) is 47.3 Å². The molecule has 0 spiro atoms. The van der Waals surface area contributed by atoms with Crippen molar-refractivity contribution in [3.63, 3.8) is 0 Å². The molecule has 0 atom stereocenters. The third-order valence-electron chi connectivity index (χ3n) is 14.4. The second-order valence-electron chi connectivity index (χ2n) is 16.2. The first kappa shape index (κ1) is 25.8. The zero-order valence-corrected chi connectivity index (χ0v) is 29.0. The summed E-state index contributed by atoms with van der Waals surface area (Å²) in [5, 5.41) is 0. The molecule has 224 valence electrons. The lowest BCUT2D eigenvalue weighted by Crippen LogP contribution is -2.29. The maximum Gasteiger partial charge on any atom is 0.300 e. The van der Waals surface area contributed by atoms with Crippen LogP contribution in [0.2, 0.25) is 0 Å². The van der Waals surface area contributed by atoms with Crippen molar-refractivity contribution in [2.75, 3.05) is 0 Å². The van der Waals surface area contributed by atoms with Crippen molar-refractivity contribution >= 4 is 55.1 Å². The number of hydrogen-bond donors (Lipinski definition) is 0. The summed E-state index contributed by atoms with van der Waals surface area (Å²) in [6.45, 7) is 0. The fraction of sp³-hybridized carbons (Fsp3) is 0.600. The van der Waals surface area contributed by atoms with Gasteiger partial charge in [0.1, 0.15) is 0 Å². The Balaban J connectivity index is 1.07. The van der Waals surface area contributed by atoms with Crippen LogP contribution in [0.1, 0.15) is 157 Å². The van der Waals surface area contributed by atoms with E-state index in [4.69, 9.17) is 0 Å². The highest BCUT2D eigenvalue weighted by Crippen LogP contribution is 2.59. The lowest BCUT2D eigenvalue weighted by molar-refractivity contribution is 0.306. The van der Waals surface area contributed by atoms with Crippen LogP contribution in [0.4, 0.5) is 0 Å². The van der Waals surface area contributed by atoms with Gasteiger partial charge in [-0.15, -0.1) is 22.7 Å². The molecular formula is C40H42S4+2. The van der Waals surface area contributed by atoms with Crippen molar-refractivity contribution < 1.29 is 0 Å². The zero-order valence-electron chi connectivity index (χ0n) is 25.7. The van der Waals surface area contributed by atoms with E-state index in [2.05, 4.69) is 57.5 Å². The zero-order chi connectivity index (χ0) is 28.3. The largest absolute Gasteiger partial charge is 0.300 e. The van der Waals surface area contributed by atoms with Gasteiger partial charge in [-0.2, -0.15) is 0 Å². The highest BCUT2D eigenvalue weighted by atomic mass is 32.1. The van der Waals surface area contributed by atoms with Crippen LogP contribution in [-0.2, 0) is 22.7 Å². The van der Waals surface area contributed by atoms with Gasteiger partial charge in [-0.05, 0) is 173 Å². The van der Waals surface area contributed by atoms with Crippen LogP contribution in [0, 0.1) is 23.7 Å². The number of hydrogen-bond acceptors (Lipinski definition) is 2. The Bertz CT molecular complexity index is 1610. The monoisotopic (exact) mass is 650 g/mol. The summed E-state index contributed by atoms with van der Waals surface area (Å²) >= 11 is 9.05. The van der Waals surface area contributed by atoms with Crippen molar-refractivity contribution in [1.29, 1.82) is 0 Å². The Hall–Kier alpha value is -1.20. The number of fused-ring (bicyclic) bond motifs is 8. The Morgan fingerprint density at radius 2 is 0.705 bits per heavy atom. The van der Waals surface area contributed by atoms with Crippen LogP contribution in [-0.4, -0.2) is 9.73 Å². The lowest BCUT2D eigenvalue weighted by Gasteiger charge is -2.37. The van der Waals surface area contributed by atoms with E-state index in [0.29, 0.717) is 0 Å². The lowest BCUT2D eigenvalue weighted by atomic mass is 9.64. The highest BCUT2D eigenvalue weighted by molar-refractivity contribution is 7.88. The molecule has 44 heavy (non-hydrogen) atoms. The Morgan fingerprint density at radius 1 is 0.386 bits per heavy atom. The summed E-state index contributed by atoms with van der Waals surface area (Å²) in [4.78, 5) is 13.9. The van der Waals surface area contributed by atoms with E-state index in [9.17, 15) is 0 Å². The molecule has 0 saturated heterocycles. The minimum atomic E-state index is 0.812. The molecule has 0 amide bonds. The predicted molar refractivity (Wildman–Crippen MR) is 191 cm³/mol. The van der Waals surface area contributed by atoms with Crippen LogP contribution in [0.3, 0.4) is 0 Å². The average molecular weight is 651 g/mol. The molecule has 4 heterocycles. The first-order valence-electron chi connectivity index (χ1n) is 18.4. The van der Waals surface area contributed by atoms with Gasteiger partial charge in [0, 0.05) is 32.0 Å². The molecule has 0 radical (unpaired) electrons. The van der Waals surface area contributed by atoms with E-state index in [1.807, 2.05) is 22.3 Å². The maximum atomic E-state index is 2.73. The van der Waals surface area contributed by atoms with E-state index in [1.54, 1.807) is 50.2 Å². The molecule has 4 saturated carbocycles. The van der Waals surface area contributed by atoms with E-state index < -0.39 is 0 Å². The SMILES string of the molecule is c1c(C2=[S+]/C(=C3\[S+]=C(c4cc5c(s4)C4CCC5CC4)C4=C3C3CCC4CC3)C3=C2C2CCC3CC2)sc2c1C1CCC2CC1. The molecule has 12 aliphatic carbocycles. The summed E-state index contributed by atoms with van der Waals surface area (Å²) in [5.74, 6) is 6.72. The van der Waals surface area contributed by atoms with Crippen molar-refractivity contribution in [3.05, 3.63) is 74.9 Å². The number of thiophene rings is 2. The Morgan fingerprint density at radius 3 is 1.07 bits per heavy atom. The van der Waals surface area contributed by atoms with Crippen molar-refractivity contribution in [1.82, 2.24) is 0 Å². The minimum absolute atomic E-state index is 0.812. The van der Waals surface area contributed by atoms with Gasteiger partial charge in [-0.1, -0.05) is 0 Å². The second-order valence-corrected chi connectivity index (χ2v) is 20.4. The molecule has 0 nitrogen and oxygen atoms in total. The van der Waals surface area contributed by atoms with Crippen LogP contribution >= 0.6 is 22.7 Å². The predicted octanol–water partition coefficient (Wildman–Crippen LogP) is 10.7. The fourth-order valence-corrected chi connectivity index (χ4v) is 18.4. The van der Waals surface area contributed by atoms with Crippen LogP contribution in [0.15, 0.2) is 44.2 Å². The molecule has 4 fully saturated rings. The van der Waals surface area contributed by atoms with E-state index in [1.165, 1.54) is 103 Å². The van der Waals surface area contributed by atoms with Gasteiger partial charge in [0.15, 0.2) is 0 Å². The summed E-state index contributed by atoms with van der Waals surface area (Å²) in [6, 6.07) is 5.46. The molecule has 16 rings (SSSR count). The summed E-state index contributed by atoms with van der Waals surface area (Å²) in [6.07, 6.45) is 23.2. The first-order valence-corrected chi connectivity index (χ1v) is 21.6. The topological polar surface area (TPSA) is 0 Å². The molecule has 4 heteroatoms. The van der Waals surface area contributed by atoms with Gasteiger partial charge in [0.05, 0.1) is 9.75 Å². The molecule has 0 aromatic carbocycles. The quantitative estimate of drug-likeness (QED) is 0.224. The van der Waals surface area contributed by atoms with Crippen molar-refractivity contribution in [2.24, 2.45) is 23.7 Å². The fourth-order valence-electron chi connectivity index (χ4n) is 12.3. The standard InChI is InChI=1S/C40H42S4/c1-13-25-14-2-19(1)27-17-29(41-35(25)27)37-31-21-5-9-23(10-6-21)33(31)39(43-37)40-34-24-11-7-22(8-12-24)32(34)38(44-40)30-18-28-20-3-15-26(16-4-20)36(28)42-30/h17-26H,1-16H2/q+2. The molecule has 0 N–H and O–H groups in total. The van der Waals surface area contributed by atoms with Crippen molar-refractivity contribution in [2.45, 2.75) is 126 Å².